The Balaban J connectivity index is 2.33. The summed E-state index contributed by atoms with van der Waals surface area (Å²) in [5.74, 6) is -0.235. The summed E-state index contributed by atoms with van der Waals surface area (Å²) in [6.07, 6.45) is 2.50. The Morgan fingerprint density at radius 1 is 1.25 bits per heavy atom. The zero-order chi connectivity index (χ0) is 17.7. The second kappa shape index (κ2) is 8.47. The van der Waals surface area contributed by atoms with Crippen LogP contribution in [-0.4, -0.2) is 22.4 Å². The summed E-state index contributed by atoms with van der Waals surface area (Å²) in [4.78, 5) is 11.0. The topological polar surface area (TPSA) is 44.1 Å². The number of hydrogen-bond donors (Lipinski definition) is 0. The second-order valence-electron chi connectivity index (χ2n) is 5.84. The van der Waals surface area contributed by atoms with Crippen molar-refractivity contribution in [3.8, 4) is 0 Å². The number of halogens is 1. The Morgan fingerprint density at radius 3 is 2.46 bits per heavy atom. The minimum Gasteiger partial charge on any atom is -0.466 e. The fourth-order valence-corrected chi connectivity index (χ4v) is 3.27. The fourth-order valence-electron chi connectivity index (χ4n) is 3.00. The lowest BCUT2D eigenvalue weighted by atomic mass is 10.0. The quantitative estimate of drug-likeness (QED) is 0.652. The summed E-state index contributed by atoms with van der Waals surface area (Å²) in [5, 5.41) is 4.86. The van der Waals surface area contributed by atoms with E-state index in [9.17, 15) is 4.79 Å². The minimum atomic E-state index is -0.235. The molecular weight excluding hydrogens is 368 g/mol. The Hall–Kier alpha value is -1.62. The second-order valence-corrected chi connectivity index (χ2v) is 6.76. The number of hydrogen-bond acceptors (Lipinski definition) is 3. The molecular formula is C19H25BrN2O2. The molecule has 1 aromatic carbocycles. The SMILES string of the molecule is CCc1nn(C(C)c2ccc(Br)cc2)c(CC)c1CCOC(C)=O. The van der Waals surface area contributed by atoms with Crippen LogP contribution in [0.1, 0.15) is 56.3 Å². The number of nitrogens with zero attached hydrogens (tertiary/aromatic N) is 2. The number of aromatic nitrogens is 2. The van der Waals surface area contributed by atoms with Gasteiger partial charge in [-0.15, -0.1) is 0 Å². The van der Waals surface area contributed by atoms with Gasteiger partial charge in [-0.25, -0.2) is 0 Å². The molecule has 1 unspecified atom stereocenters. The average molecular weight is 393 g/mol. The molecule has 1 heterocycles. The summed E-state index contributed by atoms with van der Waals surface area (Å²) in [5.41, 5.74) is 4.78. The zero-order valence-electron chi connectivity index (χ0n) is 14.8. The first kappa shape index (κ1) is 18.7. The molecule has 0 bridgehead atoms. The molecule has 130 valence electrons. The molecule has 1 atom stereocenters. The predicted molar refractivity (Wildman–Crippen MR) is 99.3 cm³/mol. The highest BCUT2D eigenvalue weighted by molar-refractivity contribution is 9.10. The van der Waals surface area contributed by atoms with E-state index in [0.717, 1.165) is 29.4 Å². The molecule has 0 N–H and O–H groups in total. The van der Waals surface area contributed by atoms with Crippen LogP contribution >= 0.6 is 15.9 Å². The fraction of sp³-hybridized carbons (Fsp3) is 0.474. The van der Waals surface area contributed by atoms with Crippen LogP contribution in [-0.2, 0) is 28.8 Å². The summed E-state index contributed by atoms with van der Waals surface area (Å²) in [6, 6.07) is 8.54. The summed E-state index contributed by atoms with van der Waals surface area (Å²) in [7, 11) is 0. The molecule has 2 aromatic rings. The third kappa shape index (κ3) is 4.26. The number of carbonyl (C=O) groups is 1. The molecule has 0 fully saturated rings. The molecule has 0 spiro atoms. The van der Waals surface area contributed by atoms with Crippen molar-refractivity contribution < 1.29 is 9.53 Å². The van der Waals surface area contributed by atoms with Crippen LogP contribution in [0.2, 0.25) is 0 Å². The maximum Gasteiger partial charge on any atom is 0.302 e. The third-order valence-corrected chi connectivity index (χ3v) is 4.78. The van der Waals surface area contributed by atoms with Crippen molar-refractivity contribution >= 4 is 21.9 Å². The number of benzene rings is 1. The standard InChI is InChI=1S/C19H25BrN2O2/c1-5-18-17(11-12-24-14(4)23)19(6-2)22(21-18)13(3)15-7-9-16(20)10-8-15/h7-10,13H,5-6,11-12H2,1-4H3. The molecule has 0 aliphatic rings. The van der Waals surface area contributed by atoms with E-state index in [1.165, 1.54) is 23.7 Å². The van der Waals surface area contributed by atoms with Gasteiger partial charge in [-0.05, 0) is 43.0 Å². The first-order chi connectivity index (χ1) is 11.5. The van der Waals surface area contributed by atoms with Crippen molar-refractivity contribution in [2.45, 2.75) is 53.0 Å². The lowest BCUT2D eigenvalue weighted by Crippen LogP contribution is -2.13. The number of aryl methyl sites for hydroxylation is 1. The van der Waals surface area contributed by atoms with E-state index >= 15 is 0 Å². The van der Waals surface area contributed by atoms with Gasteiger partial charge in [-0.3, -0.25) is 9.48 Å². The molecule has 0 amide bonds. The molecule has 0 aliphatic carbocycles. The van der Waals surface area contributed by atoms with E-state index in [0.29, 0.717) is 6.61 Å². The summed E-state index contributed by atoms with van der Waals surface area (Å²) >= 11 is 3.48. The van der Waals surface area contributed by atoms with Crippen LogP contribution in [0.15, 0.2) is 28.7 Å². The van der Waals surface area contributed by atoms with Crippen LogP contribution < -0.4 is 0 Å². The molecule has 5 heteroatoms. The summed E-state index contributed by atoms with van der Waals surface area (Å²) in [6.45, 7) is 8.29. The minimum absolute atomic E-state index is 0.167. The molecule has 24 heavy (non-hydrogen) atoms. The van der Waals surface area contributed by atoms with Crippen molar-refractivity contribution in [2.75, 3.05) is 6.61 Å². The van der Waals surface area contributed by atoms with Gasteiger partial charge in [-0.1, -0.05) is 41.9 Å². The van der Waals surface area contributed by atoms with E-state index < -0.39 is 0 Å². The van der Waals surface area contributed by atoms with E-state index in [4.69, 9.17) is 9.84 Å². The molecule has 4 nitrogen and oxygen atoms in total. The highest BCUT2D eigenvalue weighted by Crippen LogP contribution is 2.26. The Kier molecular flexibility index (Phi) is 6.60. The number of ether oxygens (including phenoxy) is 1. The van der Waals surface area contributed by atoms with Gasteiger partial charge in [0.15, 0.2) is 0 Å². The Labute approximate surface area is 152 Å². The first-order valence-electron chi connectivity index (χ1n) is 8.45. The molecule has 2 rings (SSSR count). The van der Waals surface area contributed by atoms with Gasteiger partial charge < -0.3 is 4.74 Å². The third-order valence-electron chi connectivity index (χ3n) is 4.25. The lowest BCUT2D eigenvalue weighted by molar-refractivity contribution is -0.140. The number of esters is 1. The smallest absolute Gasteiger partial charge is 0.302 e. The highest BCUT2D eigenvalue weighted by atomic mass is 79.9. The molecule has 1 aromatic heterocycles. The van der Waals surface area contributed by atoms with Gasteiger partial charge in [-0.2, -0.15) is 5.10 Å². The molecule has 0 saturated heterocycles. The van der Waals surface area contributed by atoms with Crippen molar-refractivity contribution in [1.29, 1.82) is 0 Å². The predicted octanol–water partition coefficient (Wildman–Crippen LogP) is 4.49. The van der Waals surface area contributed by atoms with Crippen molar-refractivity contribution in [3.05, 3.63) is 51.3 Å². The maximum atomic E-state index is 11.0. The normalized spacial score (nSPS) is 12.2. The average Bonchev–Trinajstić information content (AvgIpc) is 2.92. The van der Waals surface area contributed by atoms with Gasteiger partial charge >= 0.3 is 5.97 Å². The Morgan fingerprint density at radius 2 is 1.92 bits per heavy atom. The van der Waals surface area contributed by atoms with Crippen LogP contribution in [0.3, 0.4) is 0 Å². The van der Waals surface area contributed by atoms with E-state index in [1.54, 1.807) is 0 Å². The van der Waals surface area contributed by atoms with Crippen LogP contribution in [0.25, 0.3) is 0 Å². The van der Waals surface area contributed by atoms with E-state index in [2.05, 4.69) is 65.6 Å². The lowest BCUT2D eigenvalue weighted by Gasteiger charge is -2.16. The summed E-state index contributed by atoms with van der Waals surface area (Å²) < 4.78 is 8.34. The van der Waals surface area contributed by atoms with Crippen molar-refractivity contribution in [2.24, 2.45) is 0 Å². The first-order valence-corrected chi connectivity index (χ1v) is 9.25. The van der Waals surface area contributed by atoms with E-state index in [1.807, 2.05) is 0 Å². The Bertz CT molecular complexity index is 692. The van der Waals surface area contributed by atoms with Gasteiger partial charge in [0.25, 0.3) is 0 Å². The molecule has 0 aliphatic heterocycles. The van der Waals surface area contributed by atoms with Gasteiger partial charge in [0.1, 0.15) is 0 Å². The monoisotopic (exact) mass is 392 g/mol. The zero-order valence-corrected chi connectivity index (χ0v) is 16.4. The molecule has 0 saturated carbocycles. The van der Waals surface area contributed by atoms with Crippen molar-refractivity contribution in [1.82, 2.24) is 9.78 Å². The highest BCUT2D eigenvalue weighted by Gasteiger charge is 2.20. The van der Waals surface area contributed by atoms with Gasteiger partial charge in [0, 0.05) is 23.5 Å². The van der Waals surface area contributed by atoms with Gasteiger partial charge in [0.2, 0.25) is 0 Å². The van der Waals surface area contributed by atoms with Gasteiger partial charge in [0.05, 0.1) is 18.3 Å². The number of rotatable bonds is 7. The largest absolute Gasteiger partial charge is 0.466 e. The van der Waals surface area contributed by atoms with Crippen LogP contribution in [0.5, 0.6) is 0 Å². The van der Waals surface area contributed by atoms with E-state index in [-0.39, 0.29) is 12.0 Å². The molecule has 0 radical (unpaired) electrons. The van der Waals surface area contributed by atoms with Crippen molar-refractivity contribution in [3.63, 3.8) is 0 Å². The van der Waals surface area contributed by atoms with Crippen LogP contribution in [0.4, 0.5) is 0 Å². The van der Waals surface area contributed by atoms with Crippen LogP contribution in [0, 0.1) is 0 Å². The number of carbonyl (C=O) groups excluding carboxylic acids is 1. The maximum absolute atomic E-state index is 11.0.